The second kappa shape index (κ2) is 42.1. The molecule has 0 aromatic rings. The summed E-state index contributed by atoms with van der Waals surface area (Å²) < 4.78 is 5.97. The van der Waals surface area contributed by atoms with Crippen LogP contribution in [-0.4, -0.2) is 23.1 Å². The number of aliphatic carboxylic acids is 1. The van der Waals surface area contributed by atoms with Crippen LogP contribution in [0, 0.1) is 0 Å². The van der Waals surface area contributed by atoms with E-state index in [0.29, 0.717) is 12.8 Å². The molecule has 0 aliphatic heterocycles. The number of unbranched alkanes of at least 4 members (excludes halogenated alkanes) is 31. The van der Waals surface area contributed by atoms with Gasteiger partial charge in [-0.3, -0.25) is 9.59 Å². The molecule has 0 saturated carbocycles. The van der Waals surface area contributed by atoms with Crippen LogP contribution in [0.25, 0.3) is 0 Å². The fourth-order valence-corrected chi connectivity index (χ4v) is 7.12. The van der Waals surface area contributed by atoms with Gasteiger partial charge in [-0.05, 0) is 64.2 Å². The summed E-state index contributed by atoms with van der Waals surface area (Å²) in [5.41, 5.74) is 0. The minimum atomic E-state index is -0.719. The van der Waals surface area contributed by atoms with Crippen LogP contribution < -0.4 is 0 Å². The lowest BCUT2D eigenvalue weighted by Crippen LogP contribution is -2.18. The molecule has 0 heterocycles. The maximum atomic E-state index is 12.7. The van der Waals surface area contributed by atoms with E-state index >= 15 is 0 Å². The van der Waals surface area contributed by atoms with E-state index in [0.717, 1.165) is 44.9 Å². The molecule has 1 N–H and O–H groups in total. The van der Waals surface area contributed by atoms with Gasteiger partial charge in [0.15, 0.2) is 0 Å². The van der Waals surface area contributed by atoms with Crippen LogP contribution in [0.1, 0.15) is 264 Å². The fourth-order valence-electron chi connectivity index (χ4n) is 7.12. The minimum absolute atomic E-state index is 0.00473. The molecular weight excluding hydrogens is 617 g/mol. The predicted molar refractivity (Wildman–Crippen MR) is 218 cm³/mol. The average molecular weight is 705 g/mol. The first kappa shape index (κ1) is 48.7. The number of carbonyl (C=O) groups excluding carboxylic acids is 1. The number of esters is 1. The maximum Gasteiger partial charge on any atom is 0.306 e. The summed E-state index contributed by atoms with van der Waals surface area (Å²) in [6, 6.07) is 0. The molecule has 0 aromatic carbocycles. The van der Waals surface area contributed by atoms with Crippen LogP contribution in [0.2, 0.25) is 0 Å². The van der Waals surface area contributed by atoms with Crippen molar-refractivity contribution in [3.8, 4) is 0 Å². The minimum Gasteiger partial charge on any atom is -0.481 e. The molecule has 0 aromatic heterocycles. The fraction of sp³-hybridized carbons (Fsp3) is 0.913. The highest BCUT2D eigenvalue weighted by atomic mass is 16.5. The second-order valence-electron chi connectivity index (χ2n) is 15.6. The molecule has 50 heavy (non-hydrogen) atoms. The van der Waals surface area contributed by atoms with E-state index in [2.05, 4.69) is 26.0 Å². The highest BCUT2D eigenvalue weighted by molar-refractivity contribution is 5.69. The Morgan fingerprint density at radius 3 is 1.10 bits per heavy atom. The lowest BCUT2D eigenvalue weighted by molar-refractivity contribution is -0.150. The molecule has 0 aliphatic rings. The van der Waals surface area contributed by atoms with Gasteiger partial charge in [0, 0.05) is 12.8 Å². The Morgan fingerprint density at radius 2 is 0.720 bits per heavy atom. The van der Waals surface area contributed by atoms with Gasteiger partial charge in [0.25, 0.3) is 0 Å². The molecule has 0 spiro atoms. The molecule has 296 valence electrons. The van der Waals surface area contributed by atoms with Crippen molar-refractivity contribution < 1.29 is 19.4 Å². The third-order valence-electron chi connectivity index (χ3n) is 10.5. The standard InChI is InChI=1S/C46H88O4/c1-3-5-7-9-11-13-15-17-19-20-21-22-24-26-28-30-32-34-39-43-46(49)50-44(41-37-35-38-42-45(47)48)40-36-33-31-29-27-25-23-18-16-14-12-10-8-6-4-2/h17,19,44H,3-16,18,20-43H2,1-2H3,(H,47,48)/b19-17-. The molecule has 0 fully saturated rings. The highest BCUT2D eigenvalue weighted by Crippen LogP contribution is 2.19. The zero-order chi connectivity index (χ0) is 36.4. The van der Waals surface area contributed by atoms with Gasteiger partial charge in [-0.1, -0.05) is 199 Å². The van der Waals surface area contributed by atoms with Crippen molar-refractivity contribution in [3.05, 3.63) is 12.2 Å². The number of hydrogen-bond acceptors (Lipinski definition) is 3. The molecule has 1 unspecified atom stereocenters. The van der Waals surface area contributed by atoms with E-state index in [1.54, 1.807) is 0 Å². The van der Waals surface area contributed by atoms with Crippen molar-refractivity contribution in [1.29, 1.82) is 0 Å². The van der Waals surface area contributed by atoms with Gasteiger partial charge in [-0.2, -0.15) is 0 Å². The molecule has 4 nitrogen and oxygen atoms in total. The normalized spacial score (nSPS) is 12.2. The first-order valence-corrected chi connectivity index (χ1v) is 22.7. The summed E-state index contributed by atoms with van der Waals surface area (Å²) in [4.78, 5) is 23.5. The first-order chi connectivity index (χ1) is 24.6. The molecule has 0 aliphatic carbocycles. The van der Waals surface area contributed by atoms with E-state index in [1.807, 2.05) is 0 Å². The predicted octanol–water partition coefficient (Wildman–Crippen LogP) is 15.8. The molecule has 4 heteroatoms. The number of allylic oxidation sites excluding steroid dienone is 2. The van der Waals surface area contributed by atoms with Crippen molar-refractivity contribution in [2.45, 2.75) is 270 Å². The zero-order valence-corrected chi connectivity index (χ0v) is 34.0. The Labute approximate surface area is 313 Å². The van der Waals surface area contributed by atoms with E-state index in [1.165, 1.54) is 186 Å². The SMILES string of the molecule is CCCCCCCC/C=C\CCCCCCCCCCCC(=O)OC(CCCCCCCCCCCCCCCCC)CCCCCC(=O)O. The lowest BCUT2D eigenvalue weighted by atomic mass is 10.0. The van der Waals surface area contributed by atoms with Crippen molar-refractivity contribution in [3.63, 3.8) is 0 Å². The van der Waals surface area contributed by atoms with E-state index in [9.17, 15) is 9.59 Å². The van der Waals surface area contributed by atoms with Crippen LogP contribution in [-0.2, 0) is 14.3 Å². The summed E-state index contributed by atoms with van der Waals surface area (Å²) in [6.07, 6.45) is 52.4. The van der Waals surface area contributed by atoms with Gasteiger partial charge in [-0.15, -0.1) is 0 Å². The number of ether oxygens (including phenoxy) is 1. The van der Waals surface area contributed by atoms with Crippen molar-refractivity contribution in [2.24, 2.45) is 0 Å². The third-order valence-corrected chi connectivity index (χ3v) is 10.5. The monoisotopic (exact) mass is 705 g/mol. The van der Waals surface area contributed by atoms with Crippen LogP contribution >= 0.6 is 0 Å². The largest absolute Gasteiger partial charge is 0.481 e. The Balaban J connectivity index is 3.85. The molecular formula is C46H88O4. The first-order valence-electron chi connectivity index (χ1n) is 22.7. The van der Waals surface area contributed by atoms with Crippen molar-refractivity contribution in [2.75, 3.05) is 0 Å². The van der Waals surface area contributed by atoms with Gasteiger partial charge in [-0.25, -0.2) is 0 Å². The van der Waals surface area contributed by atoms with Crippen molar-refractivity contribution in [1.82, 2.24) is 0 Å². The van der Waals surface area contributed by atoms with Crippen LogP contribution in [0.3, 0.4) is 0 Å². The van der Waals surface area contributed by atoms with E-state index in [-0.39, 0.29) is 18.5 Å². The summed E-state index contributed by atoms with van der Waals surface area (Å²) in [7, 11) is 0. The molecule has 0 saturated heterocycles. The topological polar surface area (TPSA) is 63.6 Å². The smallest absolute Gasteiger partial charge is 0.306 e. The Hall–Kier alpha value is -1.32. The van der Waals surface area contributed by atoms with E-state index < -0.39 is 5.97 Å². The Morgan fingerprint density at radius 1 is 0.420 bits per heavy atom. The van der Waals surface area contributed by atoms with Gasteiger partial charge >= 0.3 is 11.9 Å². The average Bonchev–Trinajstić information content (AvgIpc) is 3.10. The van der Waals surface area contributed by atoms with Crippen LogP contribution in [0.4, 0.5) is 0 Å². The summed E-state index contributed by atoms with van der Waals surface area (Å²) >= 11 is 0. The van der Waals surface area contributed by atoms with Gasteiger partial charge in [0.05, 0.1) is 0 Å². The number of carboxylic acid groups (broad SMARTS) is 1. The summed E-state index contributed by atoms with van der Waals surface area (Å²) in [5, 5.41) is 8.92. The van der Waals surface area contributed by atoms with Gasteiger partial charge in [0.2, 0.25) is 0 Å². The van der Waals surface area contributed by atoms with Crippen LogP contribution in [0.5, 0.6) is 0 Å². The quantitative estimate of drug-likeness (QED) is 0.0390. The Bertz CT molecular complexity index is 717. The summed E-state index contributed by atoms with van der Waals surface area (Å²) in [5.74, 6) is -0.745. The number of hydrogen-bond donors (Lipinski definition) is 1. The van der Waals surface area contributed by atoms with Crippen molar-refractivity contribution >= 4 is 11.9 Å². The molecule has 0 rings (SSSR count). The number of carbonyl (C=O) groups is 2. The van der Waals surface area contributed by atoms with E-state index in [4.69, 9.17) is 9.84 Å². The molecule has 1 atom stereocenters. The van der Waals surface area contributed by atoms with Gasteiger partial charge < -0.3 is 9.84 Å². The Kier molecular flexibility index (Phi) is 41.0. The summed E-state index contributed by atoms with van der Waals surface area (Å²) in [6.45, 7) is 4.56. The second-order valence-corrected chi connectivity index (χ2v) is 15.6. The van der Waals surface area contributed by atoms with Gasteiger partial charge in [0.1, 0.15) is 6.10 Å². The zero-order valence-electron chi connectivity index (χ0n) is 34.0. The molecule has 0 amide bonds. The molecule has 0 bridgehead atoms. The van der Waals surface area contributed by atoms with Crippen LogP contribution in [0.15, 0.2) is 12.2 Å². The number of carboxylic acids is 1. The highest BCUT2D eigenvalue weighted by Gasteiger charge is 2.14. The lowest BCUT2D eigenvalue weighted by Gasteiger charge is -2.18. The third kappa shape index (κ3) is 41.1. The number of rotatable bonds is 42. The maximum absolute atomic E-state index is 12.7. The molecule has 0 radical (unpaired) electrons.